The Morgan fingerprint density at radius 3 is 2.58 bits per heavy atom. The molecule has 9 heteroatoms. The SMILES string of the molecule is CCC(CC)COC(=O)C(C)NP(=O)(OCC1C(=O)C2CCN1C2)Oc1ccccc1. The zero-order valence-electron chi connectivity index (χ0n) is 18.5. The van der Waals surface area contributed by atoms with Crippen molar-refractivity contribution < 1.29 is 27.9 Å². The van der Waals surface area contributed by atoms with E-state index in [-0.39, 0.29) is 24.2 Å². The number of rotatable bonds is 12. The van der Waals surface area contributed by atoms with Gasteiger partial charge in [-0.05, 0) is 37.9 Å². The zero-order chi connectivity index (χ0) is 22.4. The normalized spacial score (nSPS) is 25.4. The molecular formula is C22H33N2O6P. The van der Waals surface area contributed by atoms with Crippen molar-refractivity contribution in [1.29, 1.82) is 0 Å². The van der Waals surface area contributed by atoms with Gasteiger partial charge in [0.25, 0.3) is 0 Å². The third kappa shape index (κ3) is 6.16. The van der Waals surface area contributed by atoms with Crippen LogP contribution in [0.15, 0.2) is 30.3 Å². The summed E-state index contributed by atoms with van der Waals surface area (Å²) in [4.78, 5) is 26.9. The molecule has 8 nitrogen and oxygen atoms in total. The van der Waals surface area contributed by atoms with Crippen molar-refractivity contribution in [2.75, 3.05) is 26.3 Å². The molecule has 2 heterocycles. The third-order valence-corrected chi connectivity index (χ3v) is 7.73. The predicted octanol–water partition coefficient (Wildman–Crippen LogP) is 3.42. The second-order valence-electron chi connectivity index (χ2n) is 8.26. The van der Waals surface area contributed by atoms with Gasteiger partial charge in [-0.3, -0.25) is 19.0 Å². The van der Waals surface area contributed by atoms with E-state index >= 15 is 0 Å². The number of hydrogen-bond acceptors (Lipinski definition) is 7. The van der Waals surface area contributed by atoms with Gasteiger partial charge in [0, 0.05) is 12.5 Å². The fraction of sp³-hybridized carbons (Fsp3) is 0.636. The van der Waals surface area contributed by atoms with E-state index in [9.17, 15) is 14.2 Å². The summed E-state index contributed by atoms with van der Waals surface area (Å²) < 4.78 is 30.2. The van der Waals surface area contributed by atoms with E-state index in [1.807, 2.05) is 24.8 Å². The number of carbonyl (C=O) groups is 2. The molecule has 5 atom stereocenters. The molecule has 5 unspecified atom stereocenters. The van der Waals surface area contributed by atoms with Gasteiger partial charge in [-0.25, -0.2) is 4.57 Å². The van der Waals surface area contributed by atoms with Crippen molar-refractivity contribution >= 4 is 19.5 Å². The Labute approximate surface area is 184 Å². The van der Waals surface area contributed by atoms with Crippen LogP contribution in [0.4, 0.5) is 0 Å². The molecule has 2 fully saturated rings. The quantitative estimate of drug-likeness (QED) is 0.381. The Morgan fingerprint density at radius 1 is 1.26 bits per heavy atom. The van der Waals surface area contributed by atoms with Crippen molar-refractivity contribution in [3.63, 3.8) is 0 Å². The number of fused-ring (bicyclic) bond motifs is 2. The molecule has 31 heavy (non-hydrogen) atoms. The number of nitrogens with zero attached hydrogens (tertiary/aromatic N) is 1. The van der Waals surface area contributed by atoms with E-state index in [1.54, 1.807) is 31.2 Å². The molecule has 0 amide bonds. The summed E-state index contributed by atoms with van der Waals surface area (Å²) in [5, 5.41) is 2.69. The highest BCUT2D eigenvalue weighted by Gasteiger charge is 2.46. The van der Waals surface area contributed by atoms with Crippen LogP contribution in [0.2, 0.25) is 0 Å². The minimum absolute atomic E-state index is 0.0370. The van der Waals surface area contributed by atoms with E-state index in [0.29, 0.717) is 12.4 Å². The monoisotopic (exact) mass is 452 g/mol. The van der Waals surface area contributed by atoms with Crippen LogP contribution >= 0.6 is 7.75 Å². The number of Topliss-reactive ketones (excluding diaryl/α,β-unsaturated/α-hetero) is 1. The molecule has 0 radical (unpaired) electrons. The molecule has 1 aromatic rings. The van der Waals surface area contributed by atoms with Crippen LogP contribution < -0.4 is 9.61 Å². The number of benzene rings is 1. The van der Waals surface area contributed by atoms with Crippen molar-refractivity contribution in [1.82, 2.24) is 9.99 Å². The second-order valence-corrected chi connectivity index (χ2v) is 9.95. The Bertz CT molecular complexity index is 800. The van der Waals surface area contributed by atoms with Crippen LogP contribution in [-0.4, -0.2) is 55.0 Å². The third-order valence-electron chi connectivity index (χ3n) is 6.08. The van der Waals surface area contributed by atoms with Crippen molar-refractivity contribution in [2.45, 2.75) is 52.1 Å². The van der Waals surface area contributed by atoms with E-state index in [1.165, 1.54) is 0 Å². The lowest BCUT2D eigenvalue weighted by Crippen LogP contribution is -2.41. The largest absolute Gasteiger partial charge is 0.464 e. The molecule has 2 bridgehead atoms. The Balaban J connectivity index is 1.64. The lowest BCUT2D eigenvalue weighted by atomic mass is 9.99. The minimum atomic E-state index is -3.94. The van der Waals surface area contributed by atoms with Gasteiger partial charge in [0.15, 0.2) is 5.78 Å². The van der Waals surface area contributed by atoms with Gasteiger partial charge in [0.1, 0.15) is 11.8 Å². The molecule has 0 aliphatic carbocycles. The molecule has 0 spiro atoms. The lowest BCUT2D eigenvalue weighted by molar-refractivity contribution is -0.146. The molecular weight excluding hydrogens is 419 g/mol. The number of piperidine rings is 1. The summed E-state index contributed by atoms with van der Waals surface area (Å²) in [6, 6.07) is 7.28. The van der Waals surface area contributed by atoms with E-state index in [2.05, 4.69) is 5.09 Å². The number of para-hydroxylation sites is 1. The number of ketones is 1. The van der Waals surface area contributed by atoms with Crippen molar-refractivity contribution in [2.24, 2.45) is 11.8 Å². The Kier molecular flexibility index (Phi) is 8.28. The summed E-state index contributed by atoms with van der Waals surface area (Å²) in [7, 11) is -3.94. The van der Waals surface area contributed by atoms with Crippen LogP contribution in [0.3, 0.4) is 0 Å². The average Bonchev–Trinajstić information content (AvgIpc) is 3.35. The maximum absolute atomic E-state index is 13.5. The van der Waals surface area contributed by atoms with Crippen molar-refractivity contribution in [3.8, 4) is 5.75 Å². The van der Waals surface area contributed by atoms with Gasteiger partial charge in [-0.1, -0.05) is 44.9 Å². The first-order valence-electron chi connectivity index (χ1n) is 11.1. The standard InChI is InChI=1S/C22H33N2O6P/c1-4-17(5-2)14-28-22(26)16(3)23-31(27,30-19-9-7-6-8-10-19)29-15-20-21(25)18-11-12-24(20)13-18/h6-10,16-18,20H,4-5,11-15H2,1-3H3,(H,23,27). The first-order valence-corrected chi connectivity index (χ1v) is 12.6. The summed E-state index contributed by atoms with van der Waals surface area (Å²) in [5.41, 5.74) is 0. The fourth-order valence-electron chi connectivity index (χ4n) is 3.96. The van der Waals surface area contributed by atoms with Gasteiger partial charge in [0.05, 0.1) is 19.3 Å². The predicted molar refractivity (Wildman–Crippen MR) is 117 cm³/mol. The van der Waals surface area contributed by atoms with Gasteiger partial charge >= 0.3 is 13.7 Å². The summed E-state index contributed by atoms with van der Waals surface area (Å²) in [5.74, 6) is 0.269. The molecule has 0 aromatic heterocycles. The fourth-order valence-corrected chi connectivity index (χ4v) is 5.46. The highest BCUT2D eigenvalue weighted by molar-refractivity contribution is 7.52. The van der Waals surface area contributed by atoms with Gasteiger partial charge in [-0.2, -0.15) is 5.09 Å². The first kappa shape index (κ1) is 23.9. The topological polar surface area (TPSA) is 94.2 Å². The molecule has 2 saturated heterocycles. The lowest BCUT2D eigenvalue weighted by Gasteiger charge is -2.27. The number of esters is 1. The van der Waals surface area contributed by atoms with E-state index < -0.39 is 25.8 Å². The average molecular weight is 452 g/mol. The van der Waals surface area contributed by atoms with E-state index in [4.69, 9.17) is 13.8 Å². The van der Waals surface area contributed by atoms with Crippen LogP contribution in [0.1, 0.15) is 40.0 Å². The minimum Gasteiger partial charge on any atom is -0.464 e. The van der Waals surface area contributed by atoms with Gasteiger partial charge in [0.2, 0.25) is 0 Å². The smallest absolute Gasteiger partial charge is 0.459 e. The van der Waals surface area contributed by atoms with Crippen LogP contribution in [0.5, 0.6) is 5.75 Å². The van der Waals surface area contributed by atoms with Crippen LogP contribution in [0, 0.1) is 11.8 Å². The van der Waals surface area contributed by atoms with Crippen LogP contribution in [-0.2, 0) is 23.4 Å². The zero-order valence-corrected chi connectivity index (χ0v) is 19.4. The highest BCUT2D eigenvalue weighted by atomic mass is 31.2. The summed E-state index contributed by atoms with van der Waals surface area (Å²) in [6.45, 7) is 7.48. The molecule has 172 valence electrons. The molecule has 2 aliphatic rings. The first-order chi connectivity index (χ1) is 14.8. The van der Waals surface area contributed by atoms with Crippen molar-refractivity contribution in [3.05, 3.63) is 30.3 Å². The molecule has 1 aromatic carbocycles. The molecule has 3 rings (SSSR count). The molecule has 0 saturated carbocycles. The van der Waals surface area contributed by atoms with E-state index in [0.717, 1.165) is 32.4 Å². The summed E-state index contributed by atoms with van der Waals surface area (Å²) >= 11 is 0. The van der Waals surface area contributed by atoms with Crippen LogP contribution in [0.25, 0.3) is 0 Å². The Morgan fingerprint density at radius 2 is 1.97 bits per heavy atom. The summed E-state index contributed by atoms with van der Waals surface area (Å²) in [6.07, 6.45) is 2.69. The maximum atomic E-state index is 13.5. The second kappa shape index (κ2) is 10.7. The van der Waals surface area contributed by atoms with Gasteiger partial charge < -0.3 is 9.26 Å². The number of ether oxygens (including phenoxy) is 1. The molecule has 2 aliphatic heterocycles. The molecule has 1 N–H and O–H groups in total. The number of nitrogens with one attached hydrogen (secondary N) is 1. The number of hydrogen-bond donors (Lipinski definition) is 1. The van der Waals surface area contributed by atoms with Gasteiger partial charge in [-0.15, -0.1) is 0 Å². The number of carbonyl (C=O) groups excluding carboxylic acids is 2. The highest BCUT2D eigenvalue weighted by Crippen LogP contribution is 2.46. The maximum Gasteiger partial charge on any atom is 0.459 e. The Hall–Kier alpha value is -1.73.